The number of aryl methyl sites for hydroxylation is 1. The van der Waals surface area contributed by atoms with Crippen molar-refractivity contribution in [1.29, 1.82) is 5.26 Å². The molecule has 0 amide bonds. The number of halogens is 6. The first-order valence-electron chi connectivity index (χ1n) is 17.6. The van der Waals surface area contributed by atoms with Gasteiger partial charge in [0.2, 0.25) is 5.91 Å². The Bertz CT molecular complexity index is 2360. The summed E-state index contributed by atoms with van der Waals surface area (Å²) < 4.78 is 99.3. The molecule has 1 unspecified atom stereocenters. The number of alkyl halides is 4. The Hall–Kier alpha value is -4.95. The fourth-order valence-corrected chi connectivity index (χ4v) is 9.37. The van der Waals surface area contributed by atoms with Crippen LogP contribution in [0.2, 0.25) is 0 Å². The summed E-state index contributed by atoms with van der Waals surface area (Å²) >= 11 is 0.679. The van der Waals surface area contributed by atoms with Gasteiger partial charge in [-0.1, -0.05) is 6.07 Å². The molecule has 3 saturated heterocycles. The van der Waals surface area contributed by atoms with Crippen LogP contribution in [0.4, 0.5) is 37.2 Å². The maximum absolute atomic E-state index is 17.2. The van der Waals surface area contributed by atoms with E-state index in [-0.39, 0.29) is 82.0 Å². The highest BCUT2D eigenvalue weighted by molar-refractivity contribution is 7.23. The Kier molecular flexibility index (Phi) is 8.95. The summed E-state index contributed by atoms with van der Waals surface area (Å²) in [5.74, 6) is -2.88. The third-order valence-electron chi connectivity index (χ3n) is 11.0. The molecule has 0 bridgehead atoms. The van der Waals surface area contributed by atoms with E-state index >= 15 is 17.6 Å². The van der Waals surface area contributed by atoms with Crippen molar-refractivity contribution in [1.82, 2.24) is 24.6 Å². The molecule has 8 rings (SSSR count). The molecular formula is C37H34F6N8O2S. The molecule has 5 aromatic rings. The molecule has 2 aromatic carbocycles. The maximum atomic E-state index is 17.2. The summed E-state index contributed by atoms with van der Waals surface area (Å²) in [5, 5.41) is 13.5. The number of rotatable bonds is 6. The molecule has 3 atom stereocenters. The average molecular weight is 769 g/mol. The van der Waals surface area contributed by atoms with Crippen LogP contribution in [0.15, 0.2) is 30.5 Å². The summed E-state index contributed by atoms with van der Waals surface area (Å²) in [6, 6.07) is 5.91. The lowest BCUT2D eigenvalue weighted by Gasteiger charge is -2.31. The lowest BCUT2D eigenvalue weighted by molar-refractivity contribution is -0.137. The Morgan fingerprint density at radius 1 is 1.15 bits per heavy atom. The zero-order valence-corrected chi connectivity index (χ0v) is 29.8. The number of nitrogens with two attached hydrogens (primary N) is 1. The fraction of sp³-hybridized carbons (Fsp3) is 0.432. The summed E-state index contributed by atoms with van der Waals surface area (Å²) in [7, 11) is 0. The average Bonchev–Trinajstić information content (AvgIpc) is 3.85. The Balaban J connectivity index is 1.28. The van der Waals surface area contributed by atoms with Crippen LogP contribution in [0.5, 0.6) is 6.01 Å². The minimum absolute atomic E-state index is 0.0219. The van der Waals surface area contributed by atoms with E-state index < -0.39 is 52.1 Å². The van der Waals surface area contributed by atoms with E-state index in [1.807, 2.05) is 11.0 Å². The molecule has 17 heteroatoms. The van der Waals surface area contributed by atoms with Crippen LogP contribution in [0.3, 0.4) is 0 Å². The van der Waals surface area contributed by atoms with Crippen molar-refractivity contribution in [3.63, 3.8) is 0 Å². The van der Waals surface area contributed by atoms with E-state index in [1.165, 1.54) is 4.68 Å². The predicted molar refractivity (Wildman–Crippen MR) is 190 cm³/mol. The number of aromatic nitrogens is 4. The van der Waals surface area contributed by atoms with Crippen molar-refractivity contribution < 1.29 is 35.9 Å². The number of anilines is 2. The lowest BCUT2D eigenvalue weighted by atomic mass is 9.92. The third kappa shape index (κ3) is 6.08. The fourth-order valence-electron chi connectivity index (χ4n) is 8.42. The molecule has 3 aliphatic heterocycles. The van der Waals surface area contributed by atoms with Gasteiger partial charge in [0.1, 0.15) is 41.0 Å². The van der Waals surface area contributed by atoms with Crippen LogP contribution in [-0.4, -0.2) is 75.1 Å². The zero-order valence-electron chi connectivity index (χ0n) is 29.0. The van der Waals surface area contributed by atoms with Gasteiger partial charge in [-0.05, 0) is 69.3 Å². The molecule has 10 nitrogen and oxygen atoms in total. The van der Waals surface area contributed by atoms with Gasteiger partial charge in [-0.25, -0.2) is 17.9 Å². The Morgan fingerprint density at radius 2 is 1.96 bits per heavy atom. The van der Waals surface area contributed by atoms with Crippen LogP contribution in [0.1, 0.15) is 60.1 Å². The number of carbonyl (C=O) groups is 1. The minimum Gasteiger partial charge on any atom is -0.461 e. The van der Waals surface area contributed by atoms with Crippen molar-refractivity contribution in [2.75, 3.05) is 43.4 Å². The van der Waals surface area contributed by atoms with E-state index in [2.05, 4.69) is 15.1 Å². The minimum atomic E-state index is -5.12. The molecule has 2 N–H and O–H groups in total. The normalized spacial score (nSPS) is 22.1. The molecular weight excluding hydrogens is 735 g/mol. The number of thiophene rings is 1. The highest BCUT2D eigenvalue weighted by atomic mass is 32.1. The first-order valence-corrected chi connectivity index (χ1v) is 18.5. The number of nitriles is 1. The number of nitrogens with zero attached hydrogens (tertiary/aromatic N) is 7. The first-order chi connectivity index (χ1) is 25.8. The summed E-state index contributed by atoms with van der Waals surface area (Å²) in [4.78, 5) is 26.0. The predicted octanol–water partition coefficient (Wildman–Crippen LogP) is 7.67. The van der Waals surface area contributed by atoms with Crippen molar-refractivity contribution in [3.8, 4) is 23.2 Å². The molecule has 6 heterocycles. The van der Waals surface area contributed by atoms with Gasteiger partial charge in [0.05, 0.1) is 27.1 Å². The van der Waals surface area contributed by atoms with Crippen molar-refractivity contribution in [2.24, 2.45) is 5.92 Å². The van der Waals surface area contributed by atoms with Crippen molar-refractivity contribution in [3.05, 3.63) is 58.9 Å². The van der Waals surface area contributed by atoms with Gasteiger partial charge < -0.3 is 15.4 Å². The SMILES string of the molecule is Cc1ccn(C(=O)C2CCCN(c3nc(OC[C@@]45CCCN4C[C@H](F)C5)nc4c(F)c(-c5ccc(F)c6sc(N)c(C#N)c56)c(C(F)(F)F)cc34)CC2)n1. The zero-order chi connectivity index (χ0) is 38.1. The molecule has 54 heavy (non-hydrogen) atoms. The van der Waals surface area contributed by atoms with Crippen LogP contribution in [0.25, 0.3) is 32.1 Å². The molecule has 0 radical (unpaired) electrons. The monoisotopic (exact) mass is 768 g/mol. The number of fused-ring (bicyclic) bond motifs is 3. The van der Waals surface area contributed by atoms with Gasteiger partial charge in [0.15, 0.2) is 5.82 Å². The van der Waals surface area contributed by atoms with Crippen LogP contribution >= 0.6 is 11.3 Å². The summed E-state index contributed by atoms with van der Waals surface area (Å²) in [6.07, 6.45) is -1.64. The maximum Gasteiger partial charge on any atom is 0.417 e. The van der Waals surface area contributed by atoms with E-state index in [9.17, 15) is 18.8 Å². The third-order valence-corrected chi connectivity index (χ3v) is 12.0. The number of nitrogen functional groups attached to an aromatic ring is 1. The number of hydrogen-bond acceptors (Lipinski definition) is 10. The van der Waals surface area contributed by atoms with Gasteiger partial charge in [-0.15, -0.1) is 11.3 Å². The quantitative estimate of drug-likeness (QED) is 0.173. The first kappa shape index (κ1) is 36.0. The number of hydrogen-bond donors (Lipinski definition) is 1. The molecule has 282 valence electrons. The Labute approximate surface area is 309 Å². The largest absolute Gasteiger partial charge is 0.461 e. The van der Waals surface area contributed by atoms with Gasteiger partial charge in [0, 0.05) is 54.5 Å². The van der Waals surface area contributed by atoms with Crippen LogP contribution < -0.4 is 15.4 Å². The molecule has 3 fully saturated rings. The van der Waals surface area contributed by atoms with E-state index in [4.69, 9.17) is 10.5 Å². The van der Waals surface area contributed by atoms with Crippen molar-refractivity contribution in [2.45, 2.75) is 63.3 Å². The van der Waals surface area contributed by atoms with Gasteiger partial charge in [-0.3, -0.25) is 9.69 Å². The van der Waals surface area contributed by atoms with Crippen LogP contribution in [0, 0.1) is 35.8 Å². The smallest absolute Gasteiger partial charge is 0.417 e. The second-order valence-electron chi connectivity index (χ2n) is 14.3. The Morgan fingerprint density at radius 3 is 2.70 bits per heavy atom. The van der Waals surface area contributed by atoms with Crippen molar-refractivity contribution >= 4 is 49.1 Å². The van der Waals surface area contributed by atoms with Gasteiger partial charge in [0.25, 0.3) is 0 Å². The second-order valence-corrected chi connectivity index (χ2v) is 15.4. The van der Waals surface area contributed by atoms with E-state index in [0.29, 0.717) is 49.3 Å². The molecule has 3 aliphatic rings. The van der Waals surface area contributed by atoms with E-state index in [1.54, 1.807) is 24.1 Å². The topological polar surface area (TPSA) is 126 Å². The number of ether oxygens (including phenoxy) is 1. The van der Waals surface area contributed by atoms with Gasteiger partial charge in [-0.2, -0.15) is 33.5 Å². The molecule has 0 aliphatic carbocycles. The van der Waals surface area contributed by atoms with Gasteiger partial charge >= 0.3 is 12.2 Å². The molecule has 0 spiro atoms. The highest BCUT2D eigenvalue weighted by Crippen LogP contribution is 2.48. The molecule has 3 aromatic heterocycles. The van der Waals surface area contributed by atoms with Crippen LogP contribution in [-0.2, 0) is 6.18 Å². The number of carbonyl (C=O) groups excluding carboxylic acids is 1. The van der Waals surface area contributed by atoms with E-state index in [0.717, 1.165) is 24.6 Å². The highest BCUT2D eigenvalue weighted by Gasteiger charge is 2.49. The summed E-state index contributed by atoms with van der Waals surface area (Å²) in [6.45, 7) is 3.14. The lowest BCUT2D eigenvalue weighted by Crippen LogP contribution is -2.43. The molecule has 0 saturated carbocycles. The second kappa shape index (κ2) is 13.4. The standard InChI is InChI=1S/C37H34F6N8O2S/c1-19-7-13-51(48-19)34(52)20-4-2-10-49(12-8-20)33-23-14-25(37(41,42)43)28(22-5-6-26(39)31-27(22)24(16-44)32(45)54-31)29(40)30(23)46-35(47-33)53-18-36-9-3-11-50(36)17-21(38)15-36/h5-7,13-14,20-21H,2-4,8-12,15,17-18,45H2,1H3/t20?,21-,36+/m1/s1. The number of benzene rings is 2. The summed E-state index contributed by atoms with van der Waals surface area (Å²) in [5.41, 5.74) is 2.56.